The van der Waals surface area contributed by atoms with Gasteiger partial charge in [-0.3, -0.25) is 19.2 Å². The highest BCUT2D eigenvalue weighted by Crippen LogP contribution is 2.35. The van der Waals surface area contributed by atoms with E-state index in [9.17, 15) is 28.8 Å². The molecule has 16 heteroatoms. The maximum Gasteiger partial charge on any atom is 0.319 e. The molecule has 0 bridgehead atoms. The van der Waals surface area contributed by atoms with Crippen molar-refractivity contribution in [3.63, 3.8) is 0 Å². The average molecular weight is 909 g/mol. The number of benzene rings is 4. The molecule has 1 fully saturated rings. The summed E-state index contributed by atoms with van der Waals surface area (Å²) >= 11 is 0. The topological polar surface area (TPSA) is 212 Å². The van der Waals surface area contributed by atoms with Crippen molar-refractivity contribution in [1.29, 1.82) is 0 Å². The van der Waals surface area contributed by atoms with Gasteiger partial charge in [-0.25, -0.2) is 9.59 Å². The molecule has 4 aromatic rings. The van der Waals surface area contributed by atoms with E-state index in [2.05, 4.69) is 38.8 Å². The van der Waals surface area contributed by atoms with Gasteiger partial charge in [0.05, 0.1) is 39.8 Å². The minimum Gasteiger partial charge on any atom is -0.493 e. The number of nitrogens with one attached hydrogen (secondary N) is 6. The number of anilines is 4. The van der Waals surface area contributed by atoms with Gasteiger partial charge in [-0.15, -0.1) is 0 Å². The molecule has 16 nitrogen and oxygen atoms in total. The number of hydrogen-bond donors (Lipinski definition) is 6. The Morgan fingerprint density at radius 1 is 0.545 bits per heavy atom. The molecule has 6 amide bonds. The number of carbonyl (C=O) groups excluding carboxylic acids is 6. The first-order chi connectivity index (χ1) is 31.8. The van der Waals surface area contributed by atoms with E-state index in [1.54, 1.807) is 36.4 Å². The van der Waals surface area contributed by atoms with Gasteiger partial charge in [0.25, 0.3) is 0 Å². The third kappa shape index (κ3) is 16.5. The maximum atomic E-state index is 12.6. The molecule has 1 aliphatic carbocycles. The molecule has 5 rings (SSSR count). The van der Waals surface area contributed by atoms with E-state index in [-0.39, 0.29) is 54.3 Å². The summed E-state index contributed by atoms with van der Waals surface area (Å²) < 4.78 is 21.0. The van der Waals surface area contributed by atoms with Gasteiger partial charge in [0, 0.05) is 60.1 Å². The number of unbranched alkanes of at least 4 members (excludes halogenated alkanes) is 1. The highest BCUT2D eigenvalue weighted by molar-refractivity contribution is 6.05. The lowest BCUT2D eigenvalue weighted by Gasteiger charge is -2.22. The van der Waals surface area contributed by atoms with E-state index in [4.69, 9.17) is 18.9 Å². The van der Waals surface area contributed by atoms with Crippen molar-refractivity contribution < 1.29 is 47.7 Å². The summed E-state index contributed by atoms with van der Waals surface area (Å²) in [6.07, 6.45) is 9.08. The molecule has 0 aliphatic heterocycles. The predicted octanol–water partition coefficient (Wildman–Crippen LogP) is 9.33. The summed E-state index contributed by atoms with van der Waals surface area (Å²) in [6, 6.07) is 20.9. The van der Waals surface area contributed by atoms with Crippen LogP contribution in [0.3, 0.4) is 0 Å². The van der Waals surface area contributed by atoms with Crippen LogP contribution in [0.5, 0.6) is 23.0 Å². The van der Waals surface area contributed by atoms with Crippen LogP contribution in [0.2, 0.25) is 0 Å². The zero-order chi connectivity index (χ0) is 48.0. The maximum absolute atomic E-state index is 12.6. The average Bonchev–Trinajstić information content (AvgIpc) is 3.31. The quantitative estimate of drug-likeness (QED) is 0.0365. The molecule has 66 heavy (non-hydrogen) atoms. The van der Waals surface area contributed by atoms with Crippen LogP contribution in [0, 0.1) is 0 Å². The highest BCUT2D eigenvalue weighted by Gasteiger charge is 2.19. The normalized spacial score (nSPS) is 12.0. The van der Waals surface area contributed by atoms with Gasteiger partial charge < -0.3 is 50.8 Å². The number of ether oxygens (including phenoxy) is 4. The van der Waals surface area contributed by atoms with Crippen LogP contribution in [0.1, 0.15) is 110 Å². The van der Waals surface area contributed by atoms with Crippen LogP contribution in [0.15, 0.2) is 72.8 Å². The molecule has 0 spiro atoms. The third-order valence-electron chi connectivity index (χ3n) is 10.8. The van der Waals surface area contributed by atoms with Crippen LogP contribution < -0.4 is 50.8 Å². The first kappa shape index (κ1) is 51.5. The van der Waals surface area contributed by atoms with E-state index in [1.807, 2.05) is 36.4 Å². The monoisotopic (exact) mass is 908 g/mol. The lowest BCUT2D eigenvalue weighted by atomic mass is 9.96. The number of methoxy groups -OCH3 is 4. The number of Topliss-reactive ketones (excluding diaryl/α,β-unsaturated/α-hetero) is 2. The van der Waals surface area contributed by atoms with Crippen molar-refractivity contribution in [2.75, 3.05) is 56.3 Å². The summed E-state index contributed by atoms with van der Waals surface area (Å²) in [5, 5.41) is 17.1. The Morgan fingerprint density at radius 3 is 1.35 bits per heavy atom. The van der Waals surface area contributed by atoms with E-state index >= 15 is 0 Å². The van der Waals surface area contributed by atoms with Crippen molar-refractivity contribution in [2.45, 2.75) is 97.4 Å². The van der Waals surface area contributed by atoms with Crippen LogP contribution >= 0.6 is 0 Å². The third-order valence-corrected chi connectivity index (χ3v) is 10.8. The predicted molar refractivity (Wildman–Crippen MR) is 257 cm³/mol. The van der Waals surface area contributed by atoms with Crippen molar-refractivity contribution in [1.82, 2.24) is 10.6 Å². The SMILES string of the molecule is CCCCNC(=O)Nc1ccc(CCC(=O)Nc2cc(OC)c(OC)cc2C(C)=O)cc1.COc1cc(NC(=O)CCc2ccc(NC(=O)NC3CCCCC3)cc2)c(C(C)=O)cc1OC. The number of urea groups is 2. The molecule has 4 aromatic carbocycles. The summed E-state index contributed by atoms with van der Waals surface area (Å²) in [5.41, 5.74) is 4.79. The van der Waals surface area contributed by atoms with Gasteiger partial charge in [0.1, 0.15) is 0 Å². The summed E-state index contributed by atoms with van der Waals surface area (Å²) in [6.45, 7) is 5.56. The van der Waals surface area contributed by atoms with Crippen LogP contribution in [-0.2, 0) is 22.4 Å². The van der Waals surface area contributed by atoms with Gasteiger partial charge in [-0.1, -0.05) is 56.9 Å². The molecule has 354 valence electrons. The van der Waals surface area contributed by atoms with E-state index in [0.717, 1.165) is 49.7 Å². The molecule has 0 saturated heterocycles. The molecular weight excluding hydrogens is 845 g/mol. The first-order valence-corrected chi connectivity index (χ1v) is 22.2. The van der Waals surface area contributed by atoms with Gasteiger partial charge in [-0.05, 0) is 93.5 Å². The summed E-state index contributed by atoms with van der Waals surface area (Å²) in [4.78, 5) is 73.1. The second-order valence-electron chi connectivity index (χ2n) is 15.8. The van der Waals surface area contributed by atoms with Gasteiger partial charge in [0.2, 0.25) is 11.8 Å². The van der Waals surface area contributed by atoms with Crippen molar-refractivity contribution in [2.24, 2.45) is 0 Å². The second-order valence-corrected chi connectivity index (χ2v) is 15.8. The van der Waals surface area contributed by atoms with E-state index in [1.165, 1.54) is 48.7 Å². The Labute approximate surface area is 387 Å². The highest BCUT2D eigenvalue weighted by atomic mass is 16.5. The fourth-order valence-corrected chi connectivity index (χ4v) is 7.15. The number of carbonyl (C=O) groups is 6. The lowest BCUT2D eigenvalue weighted by Crippen LogP contribution is -2.38. The molecule has 0 unspecified atom stereocenters. The van der Waals surface area contributed by atoms with Crippen molar-refractivity contribution in [3.05, 3.63) is 95.1 Å². The summed E-state index contributed by atoms with van der Waals surface area (Å²) in [5.74, 6) is 0.874. The van der Waals surface area contributed by atoms with Gasteiger partial charge in [0.15, 0.2) is 34.6 Å². The number of ketones is 2. The van der Waals surface area contributed by atoms with Crippen LogP contribution in [0.4, 0.5) is 32.3 Å². The molecule has 0 atom stereocenters. The van der Waals surface area contributed by atoms with E-state index in [0.29, 0.717) is 76.3 Å². The Morgan fingerprint density at radius 2 is 0.955 bits per heavy atom. The molecule has 0 aromatic heterocycles. The molecule has 0 radical (unpaired) electrons. The molecular formula is C50H64N6O10. The molecule has 1 saturated carbocycles. The Bertz CT molecular complexity index is 2280. The van der Waals surface area contributed by atoms with Gasteiger partial charge in [-0.2, -0.15) is 0 Å². The zero-order valence-electron chi connectivity index (χ0n) is 39.1. The van der Waals surface area contributed by atoms with E-state index < -0.39 is 0 Å². The Hall–Kier alpha value is -7.10. The fraction of sp³-hybridized carbons (Fsp3) is 0.400. The first-order valence-electron chi connectivity index (χ1n) is 22.2. The smallest absolute Gasteiger partial charge is 0.319 e. The number of amides is 6. The van der Waals surface area contributed by atoms with Crippen molar-refractivity contribution >= 4 is 58.2 Å². The molecule has 6 N–H and O–H groups in total. The largest absolute Gasteiger partial charge is 0.493 e. The lowest BCUT2D eigenvalue weighted by molar-refractivity contribution is -0.117. The molecule has 0 heterocycles. The summed E-state index contributed by atoms with van der Waals surface area (Å²) in [7, 11) is 5.96. The minimum atomic E-state index is -0.234. The second kappa shape index (κ2) is 26.6. The minimum absolute atomic E-state index is 0.185. The Balaban J connectivity index is 0.000000289. The zero-order valence-corrected chi connectivity index (χ0v) is 39.1. The van der Waals surface area contributed by atoms with Crippen molar-refractivity contribution in [3.8, 4) is 23.0 Å². The fourth-order valence-electron chi connectivity index (χ4n) is 7.15. The number of hydrogen-bond acceptors (Lipinski definition) is 10. The molecule has 1 aliphatic rings. The Kier molecular flexibility index (Phi) is 20.8. The van der Waals surface area contributed by atoms with Crippen LogP contribution in [-0.4, -0.2) is 76.5 Å². The number of rotatable bonds is 20. The van der Waals surface area contributed by atoms with Gasteiger partial charge >= 0.3 is 12.1 Å². The standard InChI is InChI=1S/C26H33N3O5.C24H31N3O5/c1-17(30)21-15-23(33-2)24(34-3)16-22(21)29-25(31)14-11-18-9-12-20(13-10-18)28-26(32)27-19-7-5-4-6-8-19;1-5-6-13-25-24(30)26-18-10-7-17(8-11-18)9-12-23(29)27-20-15-22(32-4)21(31-3)14-19(20)16(2)28/h9-10,12-13,15-16,19H,4-8,11,14H2,1-3H3,(H,29,31)(H2,27,28,32);7-8,10-11,14-15H,5-6,9,12-13H2,1-4H3,(H,27,29)(H2,25,26,30). The number of aryl methyl sites for hydroxylation is 2. The van der Waals surface area contributed by atoms with Crippen LogP contribution in [0.25, 0.3) is 0 Å².